The Kier molecular flexibility index (Phi) is 6.19. The monoisotopic (exact) mass is 416 g/mol. The van der Waals surface area contributed by atoms with Gasteiger partial charge in [0.25, 0.3) is 5.91 Å². The van der Waals surface area contributed by atoms with Crippen LogP contribution in [0.3, 0.4) is 0 Å². The molecule has 0 bridgehead atoms. The van der Waals surface area contributed by atoms with Crippen LogP contribution < -0.4 is 20.7 Å². The molecule has 4 N–H and O–H groups in total. The first-order valence-electron chi connectivity index (χ1n) is 9.34. The molecule has 8 nitrogen and oxygen atoms in total. The lowest BCUT2D eigenvalue weighted by molar-refractivity contribution is 0.102. The summed E-state index contributed by atoms with van der Waals surface area (Å²) in [6.07, 6.45) is 2.03. The Morgan fingerprint density at radius 3 is 1.97 bits per heavy atom. The van der Waals surface area contributed by atoms with Crippen LogP contribution in [0.5, 0.6) is 0 Å². The smallest absolute Gasteiger partial charge is 0.319 e. The highest BCUT2D eigenvalue weighted by Crippen LogP contribution is 2.19. The number of benzene rings is 2. The molecule has 154 valence electrons. The molecular formula is C20H24N4O4S. The summed E-state index contributed by atoms with van der Waals surface area (Å²) in [5, 5.41) is 8.30. The molecule has 0 atom stereocenters. The average molecular weight is 417 g/mol. The fourth-order valence-electron chi connectivity index (χ4n) is 2.58. The minimum atomic E-state index is -3.60. The minimum Gasteiger partial charge on any atom is -0.335 e. The van der Waals surface area contributed by atoms with Crippen molar-refractivity contribution in [2.45, 2.75) is 43.7 Å². The number of carbonyl (C=O) groups is 2. The minimum absolute atomic E-state index is 0.0997. The summed E-state index contributed by atoms with van der Waals surface area (Å²) in [6, 6.07) is 12.3. The second-order valence-corrected chi connectivity index (χ2v) is 8.92. The van der Waals surface area contributed by atoms with Crippen molar-refractivity contribution in [2.75, 3.05) is 10.6 Å². The van der Waals surface area contributed by atoms with E-state index in [0.717, 1.165) is 12.8 Å². The van der Waals surface area contributed by atoms with Crippen molar-refractivity contribution >= 4 is 33.3 Å². The number of urea groups is 1. The van der Waals surface area contributed by atoms with Crippen molar-refractivity contribution < 1.29 is 18.0 Å². The van der Waals surface area contributed by atoms with Crippen LogP contribution in [0, 0.1) is 0 Å². The van der Waals surface area contributed by atoms with Gasteiger partial charge in [0, 0.05) is 29.0 Å². The van der Waals surface area contributed by atoms with Crippen LogP contribution in [0.1, 0.15) is 37.0 Å². The summed E-state index contributed by atoms with van der Waals surface area (Å²) < 4.78 is 26.8. The van der Waals surface area contributed by atoms with Crippen molar-refractivity contribution in [3.63, 3.8) is 0 Å². The molecule has 0 saturated heterocycles. The topological polar surface area (TPSA) is 116 Å². The average Bonchev–Trinajstić information content (AvgIpc) is 3.46. The maximum Gasteiger partial charge on any atom is 0.319 e. The maximum atomic E-state index is 12.4. The zero-order chi connectivity index (χ0) is 21.0. The van der Waals surface area contributed by atoms with Crippen LogP contribution in [0.2, 0.25) is 0 Å². The van der Waals surface area contributed by atoms with Gasteiger partial charge in [0.05, 0.1) is 4.90 Å². The van der Waals surface area contributed by atoms with Crippen molar-refractivity contribution in [3.8, 4) is 0 Å². The number of carbonyl (C=O) groups excluding carboxylic acids is 2. The molecule has 1 fully saturated rings. The van der Waals surface area contributed by atoms with Gasteiger partial charge in [-0.25, -0.2) is 17.9 Å². The van der Waals surface area contributed by atoms with Gasteiger partial charge in [0.15, 0.2) is 0 Å². The van der Waals surface area contributed by atoms with Crippen LogP contribution in [0.4, 0.5) is 16.2 Å². The van der Waals surface area contributed by atoms with Crippen molar-refractivity contribution in [1.29, 1.82) is 0 Å². The summed E-state index contributed by atoms with van der Waals surface area (Å²) >= 11 is 0. The molecule has 0 unspecified atom stereocenters. The molecule has 29 heavy (non-hydrogen) atoms. The molecule has 0 spiro atoms. The Bertz CT molecular complexity index is 982. The van der Waals surface area contributed by atoms with E-state index in [1.54, 1.807) is 38.1 Å². The summed E-state index contributed by atoms with van der Waals surface area (Å²) in [4.78, 5) is 24.2. The van der Waals surface area contributed by atoms with E-state index in [9.17, 15) is 18.0 Å². The van der Waals surface area contributed by atoms with Crippen LogP contribution in [0.25, 0.3) is 0 Å². The summed E-state index contributed by atoms with van der Waals surface area (Å²) in [7, 11) is -3.60. The Morgan fingerprint density at radius 2 is 1.45 bits per heavy atom. The third-order valence-electron chi connectivity index (χ3n) is 4.13. The first kappa shape index (κ1) is 20.8. The zero-order valence-electron chi connectivity index (χ0n) is 16.2. The number of amides is 3. The van der Waals surface area contributed by atoms with Crippen molar-refractivity contribution in [2.24, 2.45) is 0 Å². The van der Waals surface area contributed by atoms with Gasteiger partial charge >= 0.3 is 6.03 Å². The number of sulfonamides is 1. The van der Waals surface area contributed by atoms with Gasteiger partial charge in [0.2, 0.25) is 10.0 Å². The maximum absolute atomic E-state index is 12.4. The first-order valence-corrected chi connectivity index (χ1v) is 10.8. The van der Waals surface area contributed by atoms with Crippen molar-refractivity contribution in [1.82, 2.24) is 10.0 Å². The Balaban J connectivity index is 1.58. The highest BCUT2D eigenvalue weighted by atomic mass is 32.2. The van der Waals surface area contributed by atoms with E-state index < -0.39 is 10.0 Å². The molecule has 3 rings (SSSR count). The quantitative estimate of drug-likeness (QED) is 0.555. The van der Waals surface area contributed by atoms with E-state index in [4.69, 9.17) is 0 Å². The van der Waals surface area contributed by atoms with Gasteiger partial charge in [0.1, 0.15) is 0 Å². The molecule has 2 aromatic carbocycles. The molecular weight excluding hydrogens is 392 g/mol. The van der Waals surface area contributed by atoms with E-state index in [-0.39, 0.29) is 28.9 Å². The van der Waals surface area contributed by atoms with Gasteiger partial charge in [-0.2, -0.15) is 0 Å². The molecule has 1 aliphatic rings. The fraction of sp³-hybridized carbons (Fsp3) is 0.300. The van der Waals surface area contributed by atoms with Gasteiger partial charge in [-0.3, -0.25) is 4.79 Å². The van der Waals surface area contributed by atoms with E-state index in [0.29, 0.717) is 16.9 Å². The number of rotatable bonds is 7. The van der Waals surface area contributed by atoms with Crippen LogP contribution >= 0.6 is 0 Å². The van der Waals surface area contributed by atoms with Crippen LogP contribution in [0.15, 0.2) is 53.4 Å². The van der Waals surface area contributed by atoms with E-state index in [1.165, 1.54) is 24.3 Å². The zero-order valence-corrected chi connectivity index (χ0v) is 17.0. The highest BCUT2D eigenvalue weighted by molar-refractivity contribution is 7.89. The lowest BCUT2D eigenvalue weighted by Gasteiger charge is -2.11. The van der Waals surface area contributed by atoms with Crippen LogP contribution in [-0.2, 0) is 10.0 Å². The highest BCUT2D eigenvalue weighted by Gasteiger charge is 2.23. The standard InChI is InChI=1S/C20H24N4O4S/c1-13(2)24-29(27,28)18-11-3-14(4-12-18)19(25)21-15-5-7-16(8-6-15)22-20(26)23-17-9-10-17/h3-8,11-13,17,24H,9-10H2,1-2H3,(H,21,25)(H2,22,23,26). The van der Waals surface area contributed by atoms with Gasteiger partial charge < -0.3 is 16.0 Å². The van der Waals surface area contributed by atoms with E-state index in [1.807, 2.05) is 0 Å². The fourth-order valence-corrected chi connectivity index (χ4v) is 3.84. The molecule has 1 saturated carbocycles. The normalized spacial score (nSPS) is 13.8. The molecule has 3 amide bonds. The van der Waals surface area contributed by atoms with Crippen LogP contribution in [-0.4, -0.2) is 32.4 Å². The Hall–Kier alpha value is -2.91. The third-order valence-corrected chi connectivity index (χ3v) is 5.81. The molecule has 0 aromatic heterocycles. The summed E-state index contributed by atoms with van der Waals surface area (Å²) in [6.45, 7) is 3.47. The van der Waals surface area contributed by atoms with E-state index in [2.05, 4.69) is 20.7 Å². The predicted octanol–water partition coefficient (Wildman–Crippen LogP) is 2.91. The second kappa shape index (κ2) is 8.62. The molecule has 9 heteroatoms. The molecule has 0 radical (unpaired) electrons. The van der Waals surface area contributed by atoms with E-state index >= 15 is 0 Å². The van der Waals surface area contributed by atoms with Gasteiger partial charge in [-0.15, -0.1) is 0 Å². The third kappa shape index (κ3) is 6.03. The van der Waals surface area contributed by atoms with Gasteiger partial charge in [-0.1, -0.05) is 0 Å². The predicted molar refractivity (Wildman–Crippen MR) is 111 cm³/mol. The second-order valence-electron chi connectivity index (χ2n) is 7.20. The van der Waals surface area contributed by atoms with Gasteiger partial charge in [-0.05, 0) is 75.2 Å². The lowest BCUT2D eigenvalue weighted by atomic mass is 10.2. The Labute approximate surface area is 170 Å². The number of hydrogen-bond acceptors (Lipinski definition) is 4. The summed E-state index contributed by atoms with van der Waals surface area (Å²) in [5.74, 6) is -0.363. The number of anilines is 2. The number of nitrogens with one attached hydrogen (secondary N) is 4. The SMILES string of the molecule is CC(C)NS(=O)(=O)c1ccc(C(=O)Nc2ccc(NC(=O)NC3CC3)cc2)cc1. The largest absolute Gasteiger partial charge is 0.335 e. The number of hydrogen-bond donors (Lipinski definition) is 4. The Morgan fingerprint density at radius 1 is 0.897 bits per heavy atom. The molecule has 0 heterocycles. The van der Waals surface area contributed by atoms with Crippen molar-refractivity contribution in [3.05, 3.63) is 54.1 Å². The molecule has 0 aliphatic heterocycles. The lowest BCUT2D eigenvalue weighted by Crippen LogP contribution is -2.30. The molecule has 1 aliphatic carbocycles. The first-order chi connectivity index (χ1) is 13.7. The molecule has 2 aromatic rings. The summed E-state index contributed by atoms with van der Waals surface area (Å²) in [5.41, 5.74) is 1.51.